The van der Waals surface area contributed by atoms with Crippen molar-refractivity contribution in [3.05, 3.63) is 23.3 Å². The van der Waals surface area contributed by atoms with Gasteiger partial charge in [0.1, 0.15) is 17.6 Å². The van der Waals surface area contributed by atoms with Gasteiger partial charge in [-0.25, -0.2) is 0 Å². The van der Waals surface area contributed by atoms with Crippen molar-refractivity contribution in [2.24, 2.45) is 10.9 Å². The summed E-state index contributed by atoms with van der Waals surface area (Å²) in [4.78, 5) is 15.8. The van der Waals surface area contributed by atoms with Gasteiger partial charge in [0, 0.05) is 23.8 Å². The summed E-state index contributed by atoms with van der Waals surface area (Å²) in [6.45, 7) is 6.73. The van der Waals surface area contributed by atoms with E-state index in [1.54, 1.807) is 6.92 Å². The van der Waals surface area contributed by atoms with Crippen LogP contribution in [0.25, 0.3) is 0 Å². The first-order valence-electron chi connectivity index (χ1n) is 8.10. The number of ether oxygens (including phenoxy) is 3. The fourth-order valence-corrected chi connectivity index (χ4v) is 2.53. The molecule has 6 heteroatoms. The van der Waals surface area contributed by atoms with Crippen LogP contribution in [0.15, 0.2) is 17.1 Å². The van der Waals surface area contributed by atoms with Crippen LogP contribution in [-0.4, -0.2) is 31.5 Å². The van der Waals surface area contributed by atoms with Gasteiger partial charge in [0.25, 0.3) is 0 Å². The molecule has 0 N–H and O–H groups in total. The van der Waals surface area contributed by atoms with Crippen LogP contribution in [-0.2, 0) is 22.5 Å². The van der Waals surface area contributed by atoms with Crippen LogP contribution in [0.2, 0.25) is 0 Å². The number of nitrogens with zero attached hydrogens (tertiary/aromatic N) is 2. The highest BCUT2D eigenvalue weighted by Crippen LogP contribution is 2.35. The first kappa shape index (κ1) is 17.8. The fraction of sp³-hybridized carbons (Fsp3) is 0.500. The Morgan fingerprint density at radius 3 is 2.96 bits per heavy atom. The van der Waals surface area contributed by atoms with E-state index in [0.717, 1.165) is 29.0 Å². The molecule has 24 heavy (non-hydrogen) atoms. The molecule has 0 amide bonds. The molecule has 0 spiro atoms. The molecular formula is C18H22N2O4. The third kappa shape index (κ3) is 4.25. The number of esters is 1. The summed E-state index contributed by atoms with van der Waals surface area (Å²) >= 11 is 0. The van der Waals surface area contributed by atoms with Crippen molar-refractivity contribution in [3.63, 3.8) is 0 Å². The van der Waals surface area contributed by atoms with Crippen LogP contribution in [0, 0.1) is 17.2 Å². The van der Waals surface area contributed by atoms with E-state index in [2.05, 4.69) is 4.99 Å². The average molecular weight is 330 g/mol. The number of rotatable bonds is 7. The molecule has 0 aromatic heterocycles. The Hall–Kier alpha value is -2.55. The van der Waals surface area contributed by atoms with Crippen LogP contribution in [0.3, 0.4) is 0 Å². The van der Waals surface area contributed by atoms with E-state index in [-0.39, 0.29) is 12.7 Å². The van der Waals surface area contributed by atoms with Gasteiger partial charge >= 0.3 is 5.97 Å². The standard InChI is InChI=1S/C18H22N2O4/c1-4-22-16-7-13-6-12(3)24-17(13)8-14(16)10-20-11-15(9-19)18(21)23-5-2/h7-8,11-12,15H,4-6,10H2,1-3H3/t12-,15?/m1/s1. The van der Waals surface area contributed by atoms with Crippen molar-refractivity contribution in [1.82, 2.24) is 0 Å². The molecule has 1 aromatic rings. The van der Waals surface area contributed by atoms with E-state index in [4.69, 9.17) is 19.5 Å². The molecule has 6 nitrogen and oxygen atoms in total. The molecule has 0 saturated carbocycles. The SMILES string of the molecule is CCOC(=O)C(C#N)C=NCc1cc2c(cc1OCC)C[C@@H](C)O2. The topological polar surface area (TPSA) is 80.9 Å². The second kappa shape index (κ2) is 8.34. The molecule has 0 saturated heterocycles. The van der Waals surface area contributed by atoms with Gasteiger partial charge in [0.15, 0.2) is 5.92 Å². The second-order valence-corrected chi connectivity index (χ2v) is 5.48. The lowest BCUT2D eigenvalue weighted by Crippen LogP contribution is -2.17. The van der Waals surface area contributed by atoms with Crippen molar-refractivity contribution >= 4 is 12.2 Å². The van der Waals surface area contributed by atoms with Gasteiger partial charge < -0.3 is 14.2 Å². The molecule has 2 atom stereocenters. The van der Waals surface area contributed by atoms with Crippen LogP contribution in [0.5, 0.6) is 11.5 Å². The van der Waals surface area contributed by atoms with Gasteiger partial charge in [-0.05, 0) is 32.9 Å². The summed E-state index contributed by atoms with van der Waals surface area (Å²) < 4.78 is 16.3. The van der Waals surface area contributed by atoms with Gasteiger partial charge in [-0.2, -0.15) is 5.26 Å². The van der Waals surface area contributed by atoms with E-state index < -0.39 is 11.9 Å². The minimum absolute atomic E-state index is 0.153. The second-order valence-electron chi connectivity index (χ2n) is 5.48. The quantitative estimate of drug-likeness (QED) is 0.567. The molecule has 1 aromatic carbocycles. The zero-order valence-corrected chi connectivity index (χ0v) is 14.2. The van der Waals surface area contributed by atoms with Crippen molar-refractivity contribution in [2.75, 3.05) is 13.2 Å². The third-order valence-corrected chi connectivity index (χ3v) is 3.57. The number of fused-ring (bicyclic) bond motifs is 1. The number of hydrogen-bond donors (Lipinski definition) is 0. The van der Waals surface area contributed by atoms with Gasteiger partial charge in [-0.1, -0.05) is 0 Å². The van der Waals surface area contributed by atoms with Gasteiger partial charge in [0.2, 0.25) is 0 Å². The number of carbonyl (C=O) groups excluding carboxylic acids is 1. The van der Waals surface area contributed by atoms with E-state index in [0.29, 0.717) is 13.2 Å². The van der Waals surface area contributed by atoms with Crippen molar-refractivity contribution in [2.45, 2.75) is 39.8 Å². The smallest absolute Gasteiger partial charge is 0.328 e. The van der Waals surface area contributed by atoms with Crippen molar-refractivity contribution in [3.8, 4) is 17.6 Å². The maximum atomic E-state index is 11.6. The first-order valence-corrected chi connectivity index (χ1v) is 8.10. The van der Waals surface area contributed by atoms with Crippen LogP contribution in [0.4, 0.5) is 0 Å². The Kier molecular flexibility index (Phi) is 6.19. The van der Waals surface area contributed by atoms with Crippen molar-refractivity contribution in [1.29, 1.82) is 5.26 Å². The summed E-state index contributed by atoms with van der Waals surface area (Å²) in [7, 11) is 0. The zero-order chi connectivity index (χ0) is 17.5. The third-order valence-electron chi connectivity index (χ3n) is 3.57. The number of nitriles is 1. The first-order chi connectivity index (χ1) is 11.6. The molecule has 0 aliphatic carbocycles. The van der Waals surface area contributed by atoms with E-state index >= 15 is 0 Å². The van der Waals surface area contributed by atoms with Crippen LogP contribution < -0.4 is 9.47 Å². The largest absolute Gasteiger partial charge is 0.494 e. The molecule has 1 unspecified atom stereocenters. The summed E-state index contributed by atoms with van der Waals surface area (Å²) in [5.74, 6) is 0.0280. The summed E-state index contributed by atoms with van der Waals surface area (Å²) in [5, 5.41) is 9.03. The van der Waals surface area contributed by atoms with Crippen LogP contribution in [0.1, 0.15) is 31.9 Å². The zero-order valence-electron chi connectivity index (χ0n) is 14.2. The molecule has 1 aliphatic heterocycles. The van der Waals surface area contributed by atoms with E-state index in [9.17, 15) is 4.79 Å². The van der Waals surface area contributed by atoms with Crippen molar-refractivity contribution < 1.29 is 19.0 Å². The molecule has 128 valence electrons. The highest BCUT2D eigenvalue weighted by atomic mass is 16.5. The lowest BCUT2D eigenvalue weighted by atomic mass is 10.1. The molecule has 2 rings (SSSR count). The van der Waals surface area contributed by atoms with Gasteiger partial charge in [0.05, 0.1) is 25.8 Å². The molecule has 0 bridgehead atoms. The van der Waals surface area contributed by atoms with E-state index in [1.165, 1.54) is 6.21 Å². The number of hydrogen-bond acceptors (Lipinski definition) is 6. The summed E-state index contributed by atoms with van der Waals surface area (Å²) in [6.07, 6.45) is 2.34. The van der Waals surface area contributed by atoms with Gasteiger partial charge in [-0.3, -0.25) is 9.79 Å². The Morgan fingerprint density at radius 1 is 1.50 bits per heavy atom. The summed E-state index contributed by atoms with van der Waals surface area (Å²) in [6, 6.07) is 5.79. The average Bonchev–Trinajstić information content (AvgIpc) is 2.91. The molecule has 0 radical (unpaired) electrons. The fourth-order valence-electron chi connectivity index (χ4n) is 2.53. The Labute approximate surface area is 142 Å². The lowest BCUT2D eigenvalue weighted by Gasteiger charge is -2.11. The maximum Gasteiger partial charge on any atom is 0.328 e. The highest BCUT2D eigenvalue weighted by molar-refractivity contribution is 5.92. The highest BCUT2D eigenvalue weighted by Gasteiger charge is 2.22. The summed E-state index contributed by atoms with van der Waals surface area (Å²) in [5.41, 5.74) is 1.99. The Balaban J connectivity index is 2.14. The minimum Gasteiger partial charge on any atom is -0.494 e. The minimum atomic E-state index is -0.994. The monoisotopic (exact) mass is 330 g/mol. The predicted molar refractivity (Wildman–Crippen MR) is 89.3 cm³/mol. The molecular weight excluding hydrogens is 308 g/mol. The normalized spacial score (nSPS) is 17.0. The lowest BCUT2D eigenvalue weighted by molar-refractivity contribution is -0.143. The molecule has 1 aliphatic rings. The van der Waals surface area contributed by atoms with E-state index in [1.807, 2.05) is 32.0 Å². The van der Waals surface area contributed by atoms with Gasteiger partial charge in [-0.15, -0.1) is 0 Å². The number of aliphatic imine (C=N–C) groups is 1. The number of carbonyl (C=O) groups is 1. The Bertz CT molecular complexity index is 664. The molecule has 0 fully saturated rings. The maximum absolute atomic E-state index is 11.6. The number of benzene rings is 1. The van der Waals surface area contributed by atoms with Crippen LogP contribution >= 0.6 is 0 Å². The molecule has 1 heterocycles. The Morgan fingerprint density at radius 2 is 2.29 bits per heavy atom. The predicted octanol–water partition coefficient (Wildman–Crippen LogP) is 2.68.